The van der Waals surface area contributed by atoms with Crippen LogP contribution < -0.4 is 5.32 Å². The highest BCUT2D eigenvalue weighted by molar-refractivity contribution is 7.07. The molecular formula is C15H24N2S. The Bertz CT molecular complexity index is 421. The summed E-state index contributed by atoms with van der Waals surface area (Å²) >= 11 is 1.69. The van der Waals surface area contributed by atoms with E-state index in [4.69, 9.17) is 0 Å². The minimum Gasteiger partial charge on any atom is -0.305 e. The molecular weight excluding hydrogens is 240 g/mol. The maximum Gasteiger partial charge on any atom is 0.0795 e. The predicted molar refractivity (Wildman–Crippen MR) is 76.7 cm³/mol. The molecule has 4 unspecified atom stereocenters. The largest absolute Gasteiger partial charge is 0.305 e. The molecule has 1 aromatic rings. The lowest BCUT2D eigenvalue weighted by Crippen LogP contribution is -2.51. The van der Waals surface area contributed by atoms with Gasteiger partial charge in [-0.2, -0.15) is 0 Å². The van der Waals surface area contributed by atoms with Crippen molar-refractivity contribution in [3.8, 4) is 0 Å². The van der Waals surface area contributed by atoms with Gasteiger partial charge < -0.3 is 5.32 Å². The Labute approximate surface area is 114 Å². The van der Waals surface area contributed by atoms with Gasteiger partial charge in [0.15, 0.2) is 0 Å². The summed E-state index contributed by atoms with van der Waals surface area (Å²) in [5, 5.41) is 6.05. The van der Waals surface area contributed by atoms with Gasteiger partial charge in [0.1, 0.15) is 0 Å². The van der Waals surface area contributed by atoms with Gasteiger partial charge in [0.05, 0.1) is 11.2 Å². The molecule has 0 saturated heterocycles. The summed E-state index contributed by atoms with van der Waals surface area (Å²) in [5.74, 6) is 0.905. The van der Waals surface area contributed by atoms with Crippen LogP contribution in [0.5, 0.6) is 0 Å². The van der Waals surface area contributed by atoms with Gasteiger partial charge in [-0.15, -0.1) is 11.3 Å². The topological polar surface area (TPSA) is 24.9 Å². The number of rotatable bonds is 3. The second-order valence-electron chi connectivity index (χ2n) is 7.15. The number of thiazole rings is 1. The zero-order valence-corrected chi connectivity index (χ0v) is 12.7. The monoisotopic (exact) mass is 264 g/mol. The molecule has 3 heteroatoms. The molecule has 0 spiro atoms. The zero-order chi connectivity index (χ0) is 13.0. The number of hydrogen-bond donors (Lipinski definition) is 1. The molecule has 18 heavy (non-hydrogen) atoms. The van der Waals surface area contributed by atoms with E-state index in [1.54, 1.807) is 11.3 Å². The summed E-state index contributed by atoms with van der Waals surface area (Å²) in [5.41, 5.74) is 4.05. The van der Waals surface area contributed by atoms with Crippen LogP contribution in [-0.4, -0.2) is 11.0 Å². The summed E-state index contributed by atoms with van der Waals surface area (Å²) in [6.07, 6.45) is 4.22. The van der Waals surface area contributed by atoms with E-state index in [1.807, 2.05) is 5.51 Å². The highest BCUT2D eigenvalue weighted by Gasteiger charge is 2.59. The lowest BCUT2D eigenvalue weighted by molar-refractivity contribution is 0.0998. The summed E-state index contributed by atoms with van der Waals surface area (Å²) in [6, 6.07) is 0.997. The lowest BCUT2D eigenvalue weighted by atomic mass is 9.68. The first-order valence-corrected chi connectivity index (χ1v) is 8.02. The fourth-order valence-corrected chi connectivity index (χ4v) is 5.14. The standard InChI is InChI=1S/C15H24N2S/c1-10(12-8-18-9-16-12)17-13-14(2,3)11-5-6-15(13,4)7-11/h8-11,13,17H,5-7H2,1-4H3. The molecule has 2 aliphatic carbocycles. The minimum absolute atomic E-state index is 0.372. The highest BCUT2D eigenvalue weighted by atomic mass is 32.1. The van der Waals surface area contributed by atoms with Crippen LogP contribution in [0.2, 0.25) is 0 Å². The molecule has 0 aromatic carbocycles. The third kappa shape index (κ3) is 1.75. The highest BCUT2D eigenvalue weighted by Crippen LogP contribution is 2.62. The molecule has 3 rings (SSSR count). The Morgan fingerprint density at radius 3 is 2.78 bits per heavy atom. The second kappa shape index (κ2) is 4.04. The number of hydrogen-bond acceptors (Lipinski definition) is 3. The molecule has 2 aliphatic rings. The quantitative estimate of drug-likeness (QED) is 0.892. The van der Waals surface area contributed by atoms with Gasteiger partial charge in [0.2, 0.25) is 0 Å². The Kier molecular flexibility index (Phi) is 2.83. The molecule has 2 saturated carbocycles. The molecule has 0 radical (unpaired) electrons. The summed E-state index contributed by atoms with van der Waals surface area (Å²) in [6.45, 7) is 9.63. The summed E-state index contributed by atoms with van der Waals surface area (Å²) in [4.78, 5) is 4.45. The van der Waals surface area contributed by atoms with Gasteiger partial charge in [0, 0.05) is 17.5 Å². The van der Waals surface area contributed by atoms with Crippen LogP contribution in [0, 0.1) is 16.7 Å². The molecule has 1 aromatic heterocycles. The second-order valence-corrected chi connectivity index (χ2v) is 7.87. The molecule has 4 atom stereocenters. The first-order chi connectivity index (χ1) is 8.43. The van der Waals surface area contributed by atoms with Crippen molar-refractivity contribution in [2.75, 3.05) is 0 Å². The van der Waals surface area contributed by atoms with E-state index in [9.17, 15) is 0 Å². The van der Waals surface area contributed by atoms with E-state index in [1.165, 1.54) is 25.0 Å². The van der Waals surface area contributed by atoms with Crippen molar-refractivity contribution in [1.82, 2.24) is 10.3 Å². The normalized spacial score (nSPS) is 39.1. The van der Waals surface area contributed by atoms with Crippen molar-refractivity contribution in [3.63, 3.8) is 0 Å². The maximum atomic E-state index is 4.45. The van der Waals surface area contributed by atoms with E-state index in [0.717, 1.165) is 5.92 Å². The van der Waals surface area contributed by atoms with Crippen LogP contribution in [0.25, 0.3) is 0 Å². The van der Waals surface area contributed by atoms with Gasteiger partial charge in [-0.3, -0.25) is 0 Å². The number of fused-ring (bicyclic) bond motifs is 2. The molecule has 2 bridgehead atoms. The van der Waals surface area contributed by atoms with Crippen LogP contribution in [-0.2, 0) is 0 Å². The Hall–Kier alpha value is -0.410. The van der Waals surface area contributed by atoms with Gasteiger partial charge in [-0.1, -0.05) is 20.8 Å². The van der Waals surface area contributed by atoms with Crippen molar-refractivity contribution in [2.45, 2.75) is 59.0 Å². The van der Waals surface area contributed by atoms with Crippen LogP contribution in [0.3, 0.4) is 0 Å². The van der Waals surface area contributed by atoms with Crippen molar-refractivity contribution in [2.24, 2.45) is 16.7 Å². The van der Waals surface area contributed by atoms with Crippen LogP contribution in [0.4, 0.5) is 0 Å². The van der Waals surface area contributed by atoms with Crippen molar-refractivity contribution in [1.29, 1.82) is 0 Å². The van der Waals surface area contributed by atoms with Crippen LogP contribution in [0.1, 0.15) is 58.7 Å². The molecule has 1 heterocycles. The Morgan fingerprint density at radius 2 is 2.22 bits per heavy atom. The minimum atomic E-state index is 0.372. The van der Waals surface area contributed by atoms with Gasteiger partial charge in [-0.05, 0) is 42.9 Å². The zero-order valence-electron chi connectivity index (χ0n) is 11.9. The first-order valence-electron chi connectivity index (χ1n) is 7.07. The third-order valence-electron chi connectivity index (χ3n) is 5.58. The molecule has 100 valence electrons. The van der Waals surface area contributed by atoms with Crippen LogP contribution >= 0.6 is 11.3 Å². The fraction of sp³-hybridized carbons (Fsp3) is 0.800. The number of nitrogens with one attached hydrogen (secondary N) is 1. The number of nitrogens with zero attached hydrogens (tertiary/aromatic N) is 1. The van der Waals surface area contributed by atoms with Gasteiger partial charge >= 0.3 is 0 Å². The third-order valence-corrected chi connectivity index (χ3v) is 6.19. The summed E-state index contributed by atoms with van der Waals surface area (Å²) in [7, 11) is 0. The lowest BCUT2D eigenvalue weighted by Gasteiger charge is -2.44. The number of aromatic nitrogens is 1. The average Bonchev–Trinajstić information content (AvgIpc) is 2.96. The van der Waals surface area contributed by atoms with E-state index < -0.39 is 0 Å². The SMILES string of the molecule is CC(NC1C2(C)CCC(C2)C1(C)C)c1cscn1. The van der Waals surface area contributed by atoms with Gasteiger partial charge in [-0.25, -0.2) is 4.98 Å². The smallest absolute Gasteiger partial charge is 0.0795 e. The van der Waals surface area contributed by atoms with Crippen molar-refractivity contribution < 1.29 is 0 Å². The van der Waals surface area contributed by atoms with E-state index in [2.05, 4.69) is 43.4 Å². The Balaban J connectivity index is 1.80. The maximum absolute atomic E-state index is 4.45. The molecule has 0 amide bonds. The fourth-order valence-electron chi connectivity index (χ4n) is 4.49. The molecule has 0 aliphatic heterocycles. The van der Waals surface area contributed by atoms with Crippen molar-refractivity contribution >= 4 is 11.3 Å². The van der Waals surface area contributed by atoms with E-state index >= 15 is 0 Å². The van der Waals surface area contributed by atoms with E-state index in [-0.39, 0.29) is 0 Å². The Morgan fingerprint density at radius 1 is 1.44 bits per heavy atom. The molecule has 1 N–H and O–H groups in total. The van der Waals surface area contributed by atoms with E-state index in [0.29, 0.717) is 22.9 Å². The molecule has 2 nitrogen and oxygen atoms in total. The first kappa shape index (κ1) is 12.6. The predicted octanol–water partition coefficient (Wildman–Crippen LogP) is 4.01. The van der Waals surface area contributed by atoms with Crippen molar-refractivity contribution in [3.05, 3.63) is 16.6 Å². The van der Waals surface area contributed by atoms with Crippen LogP contribution in [0.15, 0.2) is 10.9 Å². The summed E-state index contributed by atoms with van der Waals surface area (Å²) < 4.78 is 0. The average molecular weight is 264 g/mol. The van der Waals surface area contributed by atoms with Gasteiger partial charge in [0.25, 0.3) is 0 Å². The molecule has 2 fully saturated rings.